The molecule has 6 heteroatoms. The van der Waals surface area contributed by atoms with E-state index in [2.05, 4.69) is 4.98 Å². The molecule has 29 heavy (non-hydrogen) atoms. The highest BCUT2D eigenvalue weighted by molar-refractivity contribution is 6.30. The third-order valence-corrected chi connectivity index (χ3v) is 4.90. The van der Waals surface area contributed by atoms with E-state index in [1.165, 1.54) is 0 Å². The third-order valence-electron chi connectivity index (χ3n) is 4.41. The van der Waals surface area contributed by atoms with Crippen molar-refractivity contribution in [1.82, 2.24) is 9.55 Å². The molecule has 3 aromatic carbocycles. The van der Waals surface area contributed by atoms with Crippen LogP contribution in [0.25, 0.3) is 17.1 Å². The third kappa shape index (κ3) is 4.62. The molecule has 0 atom stereocenters. The van der Waals surface area contributed by atoms with Crippen molar-refractivity contribution in [2.24, 2.45) is 0 Å². The van der Waals surface area contributed by atoms with Gasteiger partial charge in [-0.05, 0) is 53.6 Å². The zero-order valence-corrected chi connectivity index (χ0v) is 16.9. The van der Waals surface area contributed by atoms with Crippen molar-refractivity contribution in [3.8, 4) is 11.8 Å². The van der Waals surface area contributed by atoms with Gasteiger partial charge in [-0.3, -0.25) is 4.57 Å². The van der Waals surface area contributed by atoms with E-state index < -0.39 is 0 Å². The van der Waals surface area contributed by atoms with Crippen molar-refractivity contribution in [1.29, 1.82) is 0 Å². The Morgan fingerprint density at radius 2 is 1.79 bits per heavy atom. The monoisotopic (exact) mass is 424 g/mol. The van der Waals surface area contributed by atoms with Crippen molar-refractivity contribution in [3.05, 3.63) is 94.0 Å². The van der Waals surface area contributed by atoms with Crippen LogP contribution in [0.2, 0.25) is 10.0 Å². The number of aromatic nitrogens is 2. The van der Waals surface area contributed by atoms with Gasteiger partial charge in [0.1, 0.15) is 5.75 Å². The van der Waals surface area contributed by atoms with Gasteiger partial charge >= 0.3 is 6.01 Å². The molecule has 0 unspecified atom stereocenters. The number of ether oxygens (including phenoxy) is 1. The van der Waals surface area contributed by atoms with Crippen LogP contribution in [0.5, 0.6) is 11.8 Å². The van der Waals surface area contributed by atoms with Gasteiger partial charge in [-0.15, -0.1) is 0 Å². The Morgan fingerprint density at radius 3 is 2.55 bits per heavy atom. The average Bonchev–Trinajstić information content (AvgIpc) is 3.04. The number of hydrogen-bond donors (Lipinski definition) is 1. The molecule has 0 aliphatic rings. The fraction of sp³-hybridized carbons (Fsp3) is 0.0870. The Hall–Kier alpha value is -2.79. The highest BCUT2D eigenvalue weighted by atomic mass is 35.5. The topological polar surface area (TPSA) is 47.3 Å². The smallest absolute Gasteiger partial charge is 0.303 e. The van der Waals surface area contributed by atoms with Gasteiger partial charge in [0.05, 0.1) is 24.2 Å². The SMILES string of the molecule is OC/C=C/c1ccc2nc(Oc3cccc(Cl)c3)n(Cc3ccc(Cl)cc3)c2c1. The van der Waals surface area contributed by atoms with Crippen LogP contribution in [0, 0.1) is 0 Å². The van der Waals surface area contributed by atoms with Crippen LogP contribution in [0.3, 0.4) is 0 Å². The van der Waals surface area contributed by atoms with Crippen molar-refractivity contribution in [2.75, 3.05) is 6.61 Å². The van der Waals surface area contributed by atoms with Gasteiger partial charge in [0.25, 0.3) is 0 Å². The van der Waals surface area contributed by atoms with Crippen LogP contribution in [0.1, 0.15) is 11.1 Å². The van der Waals surface area contributed by atoms with E-state index in [1.807, 2.05) is 65.2 Å². The van der Waals surface area contributed by atoms with E-state index in [-0.39, 0.29) is 6.61 Å². The molecular formula is C23H18Cl2N2O2. The first-order valence-electron chi connectivity index (χ1n) is 9.08. The summed E-state index contributed by atoms with van der Waals surface area (Å²) in [5, 5.41) is 10.3. The van der Waals surface area contributed by atoms with E-state index in [0.717, 1.165) is 22.2 Å². The molecule has 1 heterocycles. The Kier molecular flexibility index (Phi) is 5.86. The fourth-order valence-corrected chi connectivity index (χ4v) is 3.36. The Bertz CT molecular complexity index is 1170. The molecule has 0 amide bonds. The number of aliphatic hydroxyl groups is 1. The summed E-state index contributed by atoms with van der Waals surface area (Å²) in [6.07, 6.45) is 3.57. The Labute approximate surface area is 178 Å². The first-order valence-corrected chi connectivity index (χ1v) is 9.83. The van der Waals surface area contributed by atoms with E-state index >= 15 is 0 Å². The molecule has 0 bridgehead atoms. The molecule has 0 aliphatic carbocycles. The lowest BCUT2D eigenvalue weighted by molar-refractivity contribution is 0.343. The zero-order valence-electron chi connectivity index (χ0n) is 15.4. The van der Waals surface area contributed by atoms with Gasteiger partial charge in [-0.1, -0.05) is 59.6 Å². The highest BCUT2D eigenvalue weighted by Crippen LogP contribution is 2.29. The van der Waals surface area contributed by atoms with Gasteiger partial charge in [0, 0.05) is 10.0 Å². The maximum atomic E-state index is 9.06. The van der Waals surface area contributed by atoms with Crippen LogP contribution in [-0.2, 0) is 6.54 Å². The second-order valence-electron chi connectivity index (χ2n) is 6.50. The summed E-state index contributed by atoms with van der Waals surface area (Å²) in [5.74, 6) is 0.616. The quantitative estimate of drug-likeness (QED) is 0.401. The predicted molar refractivity (Wildman–Crippen MR) is 118 cm³/mol. The first-order chi connectivity index (χ1) is 14.1. The van der Waals surface area contributed by atoms with Gasteiger partial charge < -0.3 is 9.84 Å². The number of rotatable bonds is 6. The second-order valence-corrected chi connectivity index (χ2v) is 7.37. The maximum absolute atomic E-state index is 9.06. The van der Waals surface area contributed by atoms with Crippen LogP contribution in [0.15, 0.2) is 72.8 Å². The van der Waals surface area contributed by atoms with E-state index in [1.54, 1.807) is 18.2 Å². The van der Waals surface area contributed by atoms with Crippen molar-refractivity contribution >= 4 is 40.3 Å². The lowest BCUT2D eigenvalue weighted by Crippen LogP contribution is -2.02. The van der Waals surface area contributed by atoms with Gasteiger partial charge in [-0.2, -0.15) is 4.98 Å². The summed E-state index contributed by atoms with van der Waals surface area (Å²) >= 11 is 12.1. The molecule has 4 rings (SSSR count). The molecule has 0 saturated heterocycles. The molecule has 0 saturated carbocycles. The van der Waals surface area contributed by atoms with Crippen LogP contribution in [-0.4, -0.2) is 21.3 Å². The van der Waals surface area contributed by atoms with E-state index in [0.29, 0.717) is 28.3 Å². The standard InChI is InChI=1S/C23H18Cl2N2O2/c24-18-9-6-17(7-10-18)15-27-22-13-16(3-2-12-28)8-11-21(22)26-23(27)29-20-5-1-4-19(25)14-20/h1-11,13-14,28H,12,15H2/b3-2+. The number of fused-ring (bicyclic) bond motifs is 1. The fourth-order valence-electron chi connectivity index (χ4n) is 3.05. The molecule has 0 spiro atoms. The molecule has 0 aliphatic heterocycles. The largest absolute Gasteiger partial charge is 0.425 e. The van der Waals surface area contributed by atoms with Crippen molar-refractivity contribution < 1.29 is 9.84 Å². The normalized spacial score (nSPS) is 11.4. The molecule has 0 fully saturated rings. The Balaban J connectivity index is 1.79. The molecule has 146 valence electrons. The number of halogens is 2. The van der Waals surface area contributed by atoms with E-state index in [9.17, 15) is 0 Å². The summed E-state index contributed by atoms with van der Waals surface area (Å²) < 4.78 is 8.09. The summed E-state index contributed by atoms with van der Waals surface area (Å²) in [6.45, 7) is 0.557. The molecule has 4 aromatic rings. The number of benzene rings is 3. The van der Waals surface area contributed by atoms with Crippen molar-refractivity contribution in [2.45, 2.75) is 6.54 Å². The van der Waals surface area contributed by atoms with Gasteiger partial charge in [0.15, 0.2) is 0 Å². The number of hydrogen-bond acceptors (Lipinski definition) is 3. The summed E-state index contributed by atoms with van der Waals surface area (Å²) in [4.78, 5) is 4.67. The summed E-state index contributed by atoms with van der Waals surface area (Å²) in [7, 11) is 0. The van der Waals surface area contributed by atoms with E-state index in [4.69, 9.17) is 33.0 Å². The lowest BCUT2D eigenvalue weighted by Gasteiger charge is -2.11. The minimum absolute atomic E-state index is 0.00873. The highest BCUT2D eigenvalue weighted by Gasteiger charge is 2.14. The molecule has 4 nitrogen and oxygen atoms in total. The Morgan fingerprint density at radius 1 is 0.966 bits per heavy atom. The summed E-state index contributed by atoms with van der Waals surface area (Å²) in [6, 6.07) is 21.3. The van der Waals surface area contributed by atoms with Crippen LogP contribution >= 0.6 is 23.2 Å². The lowest BCUT2D eigenvalue weighted by atomic mass is 10.1. The van der Waals surface area contributed by atoms with Gasteiger partial charge in [0.2, 0.25) is 0 Å². The summed E-state index contributed by atoms with van der Waals surface area (Å²) in [5.41, 5.74) is 3.79. The zero-order chi connectivity index (χ0) is 20.2. The minimum atomic E-state index is -0.00873. The van der Waals surface area contributed by atoms with Crippen LogP contribution in [0.4, 0.5) is 0 Å². The maximum Gasteiger partial charge on any atom is 0.303 e. The molecule has 1 aromatic heterocycles. The average molecular weight is 425 g/mol. The molecule has 1 N–H and O–H groups in total. The van der Waals surface area contributed by atoms with Crippen molar-refractivity contribution in [3.63, 3.8) is 0 Å². The number of aliphatic hydroxyl groups excluding tert-OH is 1. The second kappa shape index (κ2) is 8.70. The molecule has 0 radical (unpaired) electrons. The first kappa shape index (κ1) is 19.5. The minimum Gasteiger partial charge on any atom is -0.425 e. The molecular weight excluding hydrogens is 407 g/mol. The predicted octanol–water partition coefficient (Wildman–Crippen LogP) is 6.19. The van der Waals surface area contributed by atoms with Gasteiger partial charge in [-0.25, -0.2) is 0 Å². The van der Waals surface area contributed by atoms with Crippen LogP contribution < -0.4 is 4.74 Å². The number of imidazole rings is 1. The number of nitrogens with zero attached hydrogens (tertiary/aromatic N) is 2.